The molecule has 4 fully saturated rings. The number of anilines is 1. The lowest BCUT2D eigenvalue weighted by atomic mass is 9.87. The number of hydrogen-bond donors (Lipinski definition) is 0. The van der Waals surface area contributed by atoms with Gasteiger partial charge in [-0.15, -0.1) is 0 Å². The topological polar surface area (TPSA) is 58.3 Å². The molecule has 2 aromatic heterocycles. The number of aromatic nitrogens is 3. The largest absolute Gasteiger partial charge is 0.449 e. The van der Waals surface area contributed by atoms with Gasteiger partial charge in [0, 0.05) is 56.3 Å². The normalized spacial score (nSPS) is 27.1. The molecular weight excluding hydrogens is 290 g/mol. The highest BCUT2D eigenvalue weighted by atomic mass is 16.3. The van der Waals surface area contributed by atoms with E-state index in [1.54, 1.807) is 12.6 Å². The van der Waals surface area contributed by atoms with Gasteiger partial charge in [0.1, 0.15) is 18.4 Å². The van der Waals surface area contributed by atoms with Gasteiger partial charge in [0.15, 0.2) is 5.89 Å². The van der Waals surface area contributed by atoms with Gasteiger partial charge in [-0.1, -0.05) is 0 Å². The van der Waals surface area contributed by atoms with E-state index in [1.807, 2.05) is 6.92 Å². The fraction of sp³-hybridized carbons (Fsp3) is 0.588. The van der Waals surface area contributed by atoms with E-state index in [4.69, 9.17) is 4.42 Å². The standard InChI is InChI=1S/C17H21N5O/c1-11-20-13(9-23-11)6-22-14-4-15(22)8-21(7-14)17-5-16(12-2-3-12)18-10-19-17/h5,9-10,12,14-15H,2-4,6-8H2,1H3. The molecule has 0 amide bonds. The smallest absolute Gasteiger partial charge is 0.191 e. The number of hydrogen-bond acceptors (Lipinski definition) is 6. The van der Waals surface area contributed by atoms with Crippen LogP contribution in [-0.4, -0.2) is 45.0 Å². The van der Waals surface area contributed by atoms with Gasteiger partial charge in [0.25, 0.3) is 0 Å². The van der Waals surface area contributed by atoms with Crippen molar-refractivity contribution in [3.8, 4) is 0 Å². The van der Waals surface area contributed by atoms with E-state index in [2.05, 4.69) is 30.8 Å². The molecule has 23 heavy (non-hydrogen) atoms. The maximum atomic E-state index is 5.32. The Balaban J connectivity index is 1.28. The van der Waals surface area contributed by atoms with Crippen LogP contribution >= 0.6 is 0 Å². The maximum Gasteiger partial charge on any atom is 0.191 e. The minimum atomic E-state index is 0.602. The van der Waals surface area contributed by atoms with Crippen molar-refractivity contribution in [2.75, 3.05) is 18.0 Å². The van der Waals surface area contributed by atoms with Crippen molar-refractivity contribution in [1.29, 1.82) is 0 Å². The lowest BCUT2D eigenvalue weighted by Gasteiger charge is -2.56. The molecule has 6 rings (SSSR count). The summed E-state index contributed by atoms with van der Waals surface area (Å²) in [6, 6.07) is 3.41. The lowest BCUT2D eigenvalue weighted by Crippen LogP contribution is -2.68. The average Bonchev–Trinajstić information content (AvgIpc) is 3.35. The van der Waals surface area contributed by atoms with Crippen LogP contribution < -0.4 is 4.90 Å². The highest BCUT2D eigenvalue weighted by Gasteiger charge is 2.45. The first-order valence-corrected chi connectivity index (χ1v) is 8.50. The fourth-order valence-electron chi connectivity index (χ4n) is 3.94. The fourth-order valence-corrected chi connectivity index (χ4v) is 3.94. The molecular formula is C17H21N5O. The second kappa shape index (κ2) is 5.03. The first-order valence-electron chi connectivity index (χ1n) is 8.50. The van der Waals surface area contributed by atoms with Gasteiger partial charge in [0.2, 0.25) is 0 Å². The minimum absolute atomic E-state index is 0.602. The molecule has 0 radical (unpaired) electrons. The lowest BCUT2D eigenvalue weighted by molar-refractivity contribution is -0.00971. The molecule has 5 heterocycles. The summed E-state index contributed by atoms with van der Waals surface area (Å²) in [5.41, 5.74) is 2.27. The van der Waals surface area contributed by atoms with Crippen molar-refractivity contribution in [2.24, 2.45) is 0 Å². The molecule has 4 aliphatic rings. The zero-order chi connectivity index (χ0) is 15.4. The van der Waals surface area contributed by atoms with Crippen LogP contribution in [0.1, 0.15) is 42.5 Å². The molecule has 1 aliphatic carbocycles. The first-order chi connectivity index (χ1) is 11.3. The first kappa shape index (κ1) is 13.5. The second-order valence-corrected chi connectivity index (χ2v) is 7.05. The van der Waals surface area contributed by atoms with E-state index in [0.29, 0.717) is 18.0 Å². The summed E-state index contributed by atoms with van der Waals surface area (Å²) >= 11 is 0. The van der Waals surface area contributed by atoms with E-state index >= 15 is 0 Å². The van der Waals surface area contributed by atoms with Gasteiger partial charge in [-0.25, -0.2) is 15.0 Å². The van der Waals surface area contributed by atoms with E-state index in [-0.39, 0.29) is 0 Å². The van der Waals surface area contributed by atoms with Crippen molar-refractivity contribution < 1.29 is 4.42 Å². The number of rotatable bonds is 4. The molecule has 6 heteroatoms. The summed E-state index contributed by atoms with van der Waals surface area (Å²) in [4.78, 5) is 18.4. The Bertz CT molecular complexity index is 713. The monoisotopic (exact) mass is 311 g/mol. The van der Waals surface area contributed by atoms with Gasteiger partial charge >= 0.3 is 0 Å². The van der Waals surface area contributed by atoms with Crippen molar-refractivity contribution in [2.45, 2.75) is 50.7 Å². The summed E-state index contributed by atoms with van der Waals surface area (Å²) in [6.45, 7) is 4.90. The zero-order valence-electron chi connectivity index (χ0n) is 13.4. The highest BCUT2D eigenvalue weighted by Crippen LogP contribution is 2.40. The van der Waals surface area contributed by atoms with Gasteiger partial charge in [0.05, 0.1) is 5.69 Å². The molecule has 120 valence electrons. The molecule has 2 atom stereocenters. The Morgan fingerprint density at radius 3 is 2.74 bits per heavy atom. The molecule has 0 spiro atoms. The minimum Gasteiger partial charge on any atom is -0.449 e. The van der Waals surface area contributed by atoms with Crippen LogP contribution in [0.5, 0.6) is 0 Å². The third-order valence-electron chi connectivity index (χ3n) is 5.35. The number of oxazole rings is 1. The third kappa shape index (κ3) is 2.41. The molecule has 2 unspecified atom stereocenters. The van der Waals surface area contributed by atoms with Crippen LogP contribution in [0.4, 0.5) is 5.82 Å². The predicted molar refractivity (Wildman–Crippen MR) is 85.2 cm³/mol. The Hall–Kier alpha value is -1.95. The number of piperidine rings is 1. The van der Waals surface area contributed by atoms with Crippen LogP contribution in [-0.2, 0) is 6.54 Å². The van der Waals surface area contributed by atoms with E-state index in [0.717, 1.165) is 37.0 Å². The van der Waals surface area contributed by atoms with Crippen LogP contribution in [0.2, 0.25) is 0 Å². The van der Waals surface area contributed by atoms with Crippen LogP contribution in [0.15, 0.2) is 23.1 Å². The van der Waals surface area contributed by atoms with Crippen molar-refractivity contribution in [3.63, 3.8) is 0 Å². The molecule has 0 aromatic carbocycles. The maximum absolute atomic E-state index is 5.32. The molecule has 0 N–H and O–H groups in total. The number of fused-ring (bicyclic) bond motifs is 2. The Kier molecular flexibility index (Phi) is 2.95. The third-order valence-corrected chi connectivity index (χ3v) is 5.35. The van der Waals surface area contributed by atoms with Crippen LogP contribution in [0.25, 0.3) is 0 Å². The van der Waals surface area contributed by atoms with Gasteiger partial charge < -0.3 is 9.32 Å². The number of piperazine rings is 1. The number of aryl methyl sites for hydroxylation is 1. The molecule has 6 nitrogen and oxygen atoms in total. The molecule has 1 saturated carbocycles. The summed E-state index contributed by atoms with van der Waals surface area (Å²) in [5.74, 6) is 2.54. The van der Waals surface area contributed by atoms with Gasteiger partial charge in [-0.05, 0) is 19.3 Å². The van der Waals surface area contributed by atoms with Gasteiger partial charge in [-0.2, -0.15) is 0 Å². The van der Waals surface area contributed by atoms with E-state index < -0.39 is 0 Å². The van der Waals surface area contributed by atoms with Crippen molar-refractivity contribution in [3.05, 3.63) is 35.9 Å². The quantitative estimate of drug-likeness (QED) is 0.862. The summed E-state index contributed by atoms with van der Waals surface area (Å²) < 4.78 is 5.32. The zero-order valence-corrected chi connectivity index (χ0v) is 13.4. The number of nitrogens with zero attached hydrogens (tertiary/aromatic N) is 5. The molecule has 2 bridgehead atoms. The summed E-state index contributed by atoms with van der Waals surface area (Å²) in [5, 5.41) is 0. The summed E-state index contributed by atoms with van der Waals surface area (Å²) in [6.07, 6.45) is 7.37. The van der Waals surface area contributed by atoms with Crippen molar-refractivity contribution in [1.82, 2.24) is 19.9 Å². The van der Waals surface area contributed by atoms with E-state index in [1.165, 1.54) is 25.0 Å². The van der Waals surface area contributed by atoms with Crippen molar-refractivity contribution >= 4 is 5.82 Å². The Morgan fingerprint density at radius 1 is 1.22 bits per heavy atom. The highest BCUT2D eigenvalue weighted by molar-refractivity contribution is 5.43. The Morgan fingerprint density at radius 2 is 2.04 bits per heavy atom. The second-order valence-electron chi connectivity index (χ2n) is 7.05. The molecule has 3 saturated heterocycles. The van der Waals surface area contributed by atoms with Gasteiger partial charge in [-0.3, -0.25) is 4.90 Å². The predicted octanol–water partition coefficient (Wildman–Crippen LogP) is 2.11. The van der Waals surface area contributed by atoms with E-state index in [9.17, 15) is 0 Å². The average molecular weight is 311 g/mol. The SMILES string of the molecule is Cc1nc(CN2C3CC2CN(c2cc(C4CC4)ncn2)C3)co1. The Labute approximate surface area is 135 Å². The molecule has 3 aliphatic heterocycles. The van der Waals surface area contributed by atoms with Crippen LogP contribution in [0.3, 0.4) is 0 Å². The molecule has 2 aromatic rings. The van der Waals surface area contributed by atoms with Crippen LogP contribution in [0, 0.1) is 6.92 Å². The summed E-state index contributed by atoms with van der Waals surface area (Å²) in [7, 11) is 0.